The molecule has 0 amide bonds. The van der Waals surface area contributed by atoms with Crippen molar-refractivity contribution in [1.29, 1.82) is 0 Å². The second kappa shape index (κ2) is 30.1. The van der Waals surface area contributed by atoms with Gasteiger partial charge in [-0.15, -0.1) is 34.0 Å². The first kappa shape index (κ1) is 76.4. The maximum atomic E-state index is 5.20. The smallest absolute Gasteiger partial charge is 0.155 e. The Labute approximate surface area is 788 Å². The van der Waals surface area contributed by atoms with E-state index in [1.807, 2.05) is 52.6 Å². The van der Waals surface area contributed by atoms with E-state index in [0.29, 0.717) is 0 Å². The summed E-state index contributed by atoms with van der Waals surface area (Å²) >= 11 is 5.55. The fourth-order valence-electron chi connectivity index (χ4n) is 22.3. The van der Waals surface area contributed by atoms with E-state index in [-0.39, 0.29) is 0 Å². The number of thiophene rings is 3. The van der Waals surface area contributed by atoms with Gasteiger partial charge in [0, 0.05) is 163 Å². The van der Waals surface area contributed by atoms with E-state index in [4.69, 9.17) is 15.0 Å². The monoisotopic (exact) mass is 1790 g/mol. The predicted molar refractivity (Wildman–Crippen MR) is 577 cm³/mol. The molecule has 18 aromatic carbocycles. The number of para-hydroxylation sites is 13. The lowest BCUT2D eigenvalue weighted by Crippen LogP contribution is -1.97. The molecule has 0 spiro atoms. The Hall–Kier alpha value is -17.3. The van der Waals surface area contributed by atoms with Crippen molar-refractivity contribution in [3.63, 3.8) is 0 Å². The van der Waals surface area contributed by atoms with Crippen LogP contribution in [0.2, 0.25) is 0 Å². The summed E-state index contributed by atoms with van der Waals surface area (Å²) in [6, 6.07) is 155. The molecule has 0 unspecified atom stereocenters. The molecule has 13 heterocycles. The Morgan fingerprint density at radius 2 is 0.412 bits per heavy atom. The van der Waals surface area contributed by atoms with Gasteiger partial charge in [-0.3, -0.25) is 13.7 Å². The van der Waals surface area contributed by atoms with Crippen molar-refractivity contribution >= 4 is 247 Å². The highest BCUT2D eigenvalue weighted by Gasteiger charge is 2.31. The molecule has 0 saturated carbocycles. The molecule has 0 aliphatic rings. The third kappa shape index (κ3) is 11.2. The highest BCUT2D eigenvalue weighted by atomic mass is 32.1. The molecule has 0 N–H and O–H groups in total. The highest BCUT2D eigenvalue weighted by Crippen LogP contribution is 2.54. The Bertz CT molecular complexity index is 10200. The minimum Gasteiger partial charge on any atom is -0.309 e. The van der Waals surface area contributed by atoms with Crippen molar-refractivity contribution in [2.75, 3.05) is 0 Å². The molecular formula is C123H74N10S3. The standard InChI is InChI=1S/C47H28N4S.C41H25N3S.C35H21N3S/c1-3-15-29(16-4-1)49-38-25-13-9-21-33(38)40-43-41(34-22-10-14-26-39(34)50(43)30-17-5-2-6-18-30)46-42(44(40)49)35-27-28-48-47(45(35)52-46)51-36-23-11-7-19-31(36)32-20-8-12-24-37(32)51;1-2-10-26(11-3-1)27-18-20-28(21-19-27)43-35-15-7-6-14-31(35)33-25-39-34(24-38(33)43)32-22-23-42-41(40(32)45-39)44-36-16-8-4-12-29(36)30-13-5-9-17-37(30)44;1-2-10-22(11-3-1)37-29-15-7-6-14-25(29)27-21-33-28(20-32(27)37)26-18-19-36-35(34(26)39-33)38-30-16-8-4-12-23(30)24-13-5-9-17-31(24)38/h1-28H;1-25H;1-21H. The van der Waals surface area contributed by atoms with Crippen LogP contribution in [0.4, 0.5) is 0 Å². The number of benzene rings is 18. The van der Waals surface area contributed by atoms with Crippen LogP contribution in [0.5, 0.6) is 0 Å². The molecule has 0 atom stereocenters. The van der Waals surface area contributed by atoms with Gasteiger partial charge in [0.25, 0.3) is 0 Å². The van der Waals surface area contributed by atoms with Crippen LogP contribution in [-0.4, -0.2) is 46.9 Å². The molecule has 634 valence electrons. The van der Waals surface area contributed by atoms with Gasteiger partial charge in [-0.1, -0.05) is 279 Å². The van der Waals surface area contributed by atoms with Crippen molar-refractivity contribution in [2.45, 2.75) is 0 Å². The first-order chi connectivity index (χ1) is 67.6. The summed E-state index contributed by atoms with van der Waals surface area (Å²) in [5, 5.41) is 25.1. The van der Waals surface area contributed by atoms with E-state index < -0.39 is 0 Å². The fraction of sp³-hybridized carbons (Fsp3) is 0. The SMILES string of the molecule is c1ccc(-c2ccc(-n3c4ccccc4c4cc5sc6c(-n7c8ccccc8c8ccccc87)nccc6c5cc43)cc2)cc1.c1ccc(-n2c3ccccc3c3c4sc5c(-n6c7ccccc7c7ccccc76)nccc5c4c4c(c5ccccc5n4-c4ccccc4)c32)cc1.c1ccc(-n2c3ccccc3c3cc4sc5c(-n6c7ccccc7c7ccccc76)nccc5c4cc32)cc1. The molecule has 10 nitrogen and oxygen atoms in total. The van der Waals surface area contributed by atoms with Crippen molar-refractivity contribution in [1.82, 2.24) is 46.9 Å². The van der Waals surface area contributed by atoms with Gasteiger partial charge in [0.1, 0.15) is 0 Å². The van der Waals surface area contributed by atoms with E-state index in [1.54, 1.807) is 0 Å². The Morgan fingerprint density at radius 1 is 0.154 bits per heavy atom. The minimum atomic E-state index is 0.964. The molecule has 0 aliphatic carbocycles. The average Bonchev–Trinajstić information content (AvgIpc) is 1.50. The van der Waals surface area contributed by atoms with Gasteiger partial charge in [0.15, 0.2) is 17.5 Å². The largest absolute Gasteiger partial charge is 0.309 e. The van der Waals surface area contributed by atoms with E-state index in [9.17, 15) is 0 Å². The molecule has 13 aromatic heterocycles. The zero-order valence-electron chi connectivity index (χ0n) is 72.9. The molecule has 0 saturated heterocycles. The number of rotatable bonds is 8. The molecule has 31 aromatic rings. The first-order valence-electron chi connectivity index (χ1n) is 46.0. The quantitative estimate of drug-likeness (QED) is 0.152. The van der Waals surface area contributed by atoms with Gasteiger partial charge >= 0.3 is 0 Å². The maximum Gasteiger partial charge on any atom is 0.155 e. The third-order valence-corrected chi connectivity index (χ3v) is 31.6. The summed E-state index contributed by atoms with van der Waals surface area (Å²) in [6.07, 6.45) is 5.94. The zero-order valence-corrected chi connectivity index (χ0v) is 75.4. The van der Waals surface area contributed by atoms with Gasteiger partial charge in [0.05, 0.1) is 91.3 Å². The van der Waals surface area contributed by atoms with Gasteiger partial charge in [0.2, 0.25) is 0 Å². The van der Waals surface area contributed by atoms with Gasteiger partial charge < -0.3 is 18.3 Å². The summed E-state index contributed by atoms with van der Waals surface area (Å²) in [5.41, 5.74) is 23.9. The molecular weight excluding hydrogens is 1710 g/mol. The van der Waals surface area contributed by atoms with Crippen LogP contribution in [0.1, 0.15) is 0 Å². The highest BCUT2D eigenvalue weighted by molar-refractivity contribution is 7.28. The number of nitrogens with zero attached hydrogens (tertiary/aromatic N) is 10. The summed E-state index contributed by atoms with van der Waals surface area (Å²) in [6.45, 7) is 0. The van der Waals surface area contributed by atoms with Crippen molar-refractivity contribution in [2.24, 2.45) is 0 Å². The van der Waals surface area contributed by atoms with Crippen molar-refractivity contribution in [3.8, 4) is 51.3 Å². The number of hydrogen-bond acceptors (Lipinski definition) is 6. The molecule has 13 heteroatoms. The normalized spacial score (nSPS) is 12.1. The van der Waals surface area contributed by atoms with Crippen LogP contribution in [0.3, 0.4) is 0 Å². The first-order valence-corrected chi connectivity index (χ1v) is 48.5. The molecule has 0 aliphatic heterocycles. The average molecular weight is 1790 g/mol. The second-order valence-electron chi connectivity index (χ2n) is 35.2. The van der Waals surface area contributed by atoms with Crippen LogP contribution >= 0.6 is 34.0 Å². The van der Waals surface area contributed by atoms with Crippen LogP contribution in [-0.2, 0) is 0 Å². The van der Waals surface area contributed by atoms with Crippen LogP contribution in [0.25, 0.3) is 264 Å². The molecule has 0 bridgehead atoms. The maximum absolute atomic E-state index is 5.20. The Balaban J connectivity index is 0.0000000999. The van der Waals surface area contributed by atoms with Crippen molar-refractivity contribution < 1.29 is 0 Å². The van der Waals surface area contributed by atoms with Crippen LogP contribution in [0.15, 0.2) is 449 Å². The molecule has 0 fully saturated rings. The zero-order chi connectivity index (χ0) is 88.9. The summed E-state index contributed by atoms with van der Waals surface area (Å²) < 4.78 is 24.3. The number of aromatic nitrogens is 10. The molecule has 0 radical (unpaired) electrons. The van der Waals surface area contributed by atoms with Gasteiger partial charge in [-0.25, -0.2) is 15.0 Å². The second-order valence-corrected chi connectivity index (χ2v) is 38.3. The topological polar surface area (TPSA) is 73.2 Å². The Morgan fingerprint density at radius 3 is 0.772 bits per heavy atom. The minimum absolute atomic E-state index is 0.964. The van der Waals surface area contributed by atoms with Gasteiger partial charge in [-0.2, -0.15) is 0 Å². The van der Waals surface area contributed by atoms with Gasteiger partial charge in [-0.05, 0) is 163 Å². The lowest BCUT2D eigenvalue weighted by molar-refractivity contribution is 1.10. The molecule has 136 heavy (non-hydrogen) atoms. The fourth-order valence-corrected chi connectivity index (χ4v) is 26.1. The lowest BCUT2D eigenvalue weighted by atomic mass is 10.0. The lowest BCUT2D eigenvalue weighted by Gasteiger charge is -2.12. The summed E-state index contributed by atoms with van der Waals surface area (Å²) in [7, 11) is 0. The molecule has 31 rings (SSSR count). The summed E-state index contributed by atoms with van der Waals surface area (Å²) in [4.78, 5) is 15.2. The van der Waals surface area contributed by atoms with Crippen LogP contribution < -0.4 is 0 Å². The number of pyridine rings is 3. The van der Waals surface area contributed by atoms with E-state index in [0.717, 1.165) is 45.5 Å². The van der Waals surface area contributed by atoms with E-state index >= 15 is 0 Å². The third-order valence-electron chi connectivity index (χ3n) is 28.0. The van der Waals surface area contributed by atoms with E-state index in [2.05, 4.69) is 463 Å². The number of fused-ring (bicyclic) bond motifs is 33. The van der Waals surface area contributed by atoms with Crippen molar-refractivity contribution in [3.05, 3.63) is 449 Å². The number of hydrogen-bond donors (Lipinski definition) is 0. The van der Waals surface area contributed by atoms with E-state index in [1.165, 1.54) is 219 Å². The Kier molecular flexibility index (Phi) is 16.9. The predicted octanol–water partition coefficient (Wildman–Crippen LogP) is 33.7. The summed E-state index contributed by atoms with van der Waals surface area (Å²) in [5.74, 6) is 2.94. The van der Waals surface area contributed by atoms with Crippen LogP contribution in [0, 0.1) is 0 Å².